The fourth-order valence-corrected chi connectivity index (χ4v) is 14.7. The molecule has 0 spiro atoms. The van der Waals surface area contributed by atoms with Crippen molar-refractivity contribution < 1.29 is 28.9 Å². The summed E-state index contributed by atoms with van der Waals surface area (Å²) in [5.74, 6) is -0.508. The second kappa shape index (κ2) is 12.0. The average Bonchev–Trinajstić information content (AvgIpc) is 3.34. The molecule has 6 nitrogen and oxygen atoms in total. The molecular weight excluding hydrogens is 685 g/mol. The fraction of sp³-hybridized carbons (Fsp3) is 0.592. The van der Waals surface area contributed by atoms with Crippen LogP contribution in [0.2, 0.25) is 0 Å². The summed E-state index contributed by atoms with van der Waals surface area (Å²) in [5, 5.41) is 11.5. The summed E-state index contributed by atoms with van der Waals surface area (Å²) in [4.78, 5) is 31.5. The van der Waals surface area contributed by atoms with E-state index in [-0.39, 0.29) is 83.4 Å². The van der Waals surface area contributed by atoms with Gasteiger partial charge in [-0.1, -0.05) is 139 Å². The van der Waals surface area contributed by atoms with Crippen LogP contribution in [0.15, 0.2) is 84.9 Å². The van der Waals surface area contributed by atoms with Gasteiger partial charge in [-0.2, -0.15) is 0 Å². The number of carbonyl (C=O) groups excluding carboxylic acids is 2. The maximum Gasteiger partial charge on any atom is 0.315 e. The number of ether oxygens (including phenoxy) is 3. The predicted molar refractivity (Wildman–Crippen MR) is 210 cm³/mol. The molecule has 0 amide bonds. The van der Waals surface area contributed by atoms with E-state index in [4.69, 9.17) is 14.2 Å². The zero-order chi connectivity index (χ0) is 38.3. The normalized spacial score (nSPS) is 41.8. The van der Waals surface area contributed by atoms with Gasteiger partial charge in [0, 0.05) is 35.0 Å². The minimum absolute atomic E-state index is 0.106. The molecule has 1 heterocycles. The minimum atomic E-state index is -1.25. The van der Waals surface area contributed by atoms with Gasteiger partial charge in [0.15, 0.2) is 0 Å². The van der Waals surface area contributed by atoms with Gasteiger partial charge in [0.1, 0.15) is 23.0 Å². The lowest BCUT2D eigenvalue weighted by Gasteiger charge is -2.87. The Hall–Kier alpha value is -3.48. The van der Waals surface area contributed by atoms with Gasteiger partial charge in [-0.3, -0.25) is 9.59 Å². The van der Waals surface area contributed by atoms with Crippen molar-refractivity contribution in [3.63, 3.8) is 0 Å². The number of aliphatic hydroxyl groups excluding tert-OH is 1. The van der Waals surface area contributed by atoms with Crippen LogP contribution in [0.4, 0.5) is 0 Å². The molecule has 10 rings (SSSR count). The summed E-state index contributed by atoms with van der Waals surface area (Å²) in [6.07, 6.45) is 4.47. The van der Waals surface area contributed by atoms with E-state index in [0.29, 0.717) is 11.8 Å². The van der Waals surface area contributed by atoms with Crippen molar-refractivity contribution in [3.8, 4) is 0 Å². The zero-order valence-electron chi connectivity index (χ0n) is 33.4. The number of carbonyl (C=O) groups is 2. The third-order valence-corrected chi connectivity index (χ3v) is 17.3. The summed E-state index contributed by atoms with van der Waals surface area (Å²) in [7, 11) is 0. The fourth-order valence-electron chi connectivity index (χ4n) is 14.7. The van der Waals surface area contributed by atoms with Crippen LogP contribution in [0.3, 0.4) is 0 Å². The molecule has 0 aromatic heterocycles. The molecule has 1 saturated heterocycles. The van der Waals surface area contributed by atoms with Crippen molar-refractivity contribution in [1.29, 1.82) is 0 Å². The summed E-state index contributed by atoms with van der Waals surface area (Å²) >= 11 is 0. The largest absolute Gasteiger partial charge is 0.462 e. The summed E-state index contributed by atoms with van der Waals surface area (Å²) < 4.78 is 20.9. The molecule has 0 bridgehead atoms. The summed E-state index contributed by atoms with van der Waals surface area (Å²) in [6, 6.07) is 29.6. The van der Waals surface area contributed by atoms with Gasteiger partial charge in [-0.05, 0) is 70.6 Å². The van der Waals surface area contributed by atoms with E-state index in [9.17, 15) is 5.11 Å². The second-order valence-corrected chi connectivity index (χ2v) is 20.1. The molecule has 3 aromatic carbocycles. The molecule has 290 valence electrons. The lowest BCUT2D eigenvalue weighted by atomic mass is 9.10. The van der Waals surface area contributed by atoms with Gasteiger partial charge in [0.25, 0.3) is 0 Å². The van der Waals surface area contributed by atoms with Gasteiger partial charge in [-0.25, -0.2) is 0 Å². The Kier molecular flexibility index (Phi) is 7.85. The van der Waals surface area contributed by atoms with Crippen LogP contribution in [0, 0.1) is 45.8 Å². The van der Waals surface area contributed by atoms with Crippen molar-refractivity contribution in [2.45, 2.75) is 127 Å². The molecule has 0 radical (unpaired) electrons. The predicted octanol–water partition coefficient (Wildman–Crippen LogP) is 8.89. The Morgan fingerprint density at radius 3 is 1.67 bits per heavy atom. The van der Waals surface area contributed by atoms with E-state index in [0.717, 1.165) is 49.7 Å². The maximum absolute atomic E-state index is 15.8. The highest BCUT2D eigenvalue weighted by Crippen LogP contribution is 3.00. The maximum atomic E-state index is 15.8. The van der Waals surface area contributed by atoms with Crippen molar-refractivity contribution in [3.05, 3.63) is 107 Å². The lowest BCUT2D eigenvalue weighted by Crippen LogP contribution is -2.96. The first-order chi connectivity index (χ1) is 26.4. The van der Waals surface area contributed by atoms with Gasteiger partial charge in [0.05, 0.1) is 18.8 Å². The number of hydrogen-bond donors (Lipinski definition) is 1. The van der Waals surface area contributed by atoms with Gasteiger partial charge >= 0.3 is 11.9 Å². The van der Waals surface area contributed by atoms with E-state index in [1.54, 1.807) is 0 Å². The lowest BCUT2D eigenvalue weighted by molar-refractivity contribution is -0.386. The Balaban J connectivity index is 1.06. The van der Waals surface area contributed by atoms with Crippen molar-refractivity contribution in [1.82, 2.24) is 0 Å². The van der Waals surface area contributed by atoms with Crippen LogP contribution < -0.4 is 0 Å². The molecule has 1 aliphatic heterocycles. The molecule has 6 heteroatoms. The number of benzene rings is 3. The molecule has 7 aliphatic rings. The van der Waals surface area contributed by atoms with E-state index in [1.165, 1.54) is 11.1 Å². The van der Waals surface area contributed by atoms with Gasteiger partial charge < -0.3 is 19.3 Å². The highest BCUT2D eigenvalue weighted by atomic mass is 16.6. The molecule has 1 N–H and O–H groups in total. The van der Waals surface area contributed by atoms with E-state index in [1.807, 2.05) is 18.2 Å². The molecule has 0 unspecified atom stereocenters. The molecule has 3 aromatic rings. The van der Waals surface area contributed by atoms with Crippen LogP contribution in [0.1, 0.15) is 114 Å². The molecule has 5 saturated carbocycles. The smallest absolute Gasteiger partial charge is 0.315 e. The first kappa shape index (κ1) is 35.9. The van der Waals surface area contributed by atoms with Crippen molar-refractivity contribution in [2.24, 2.45) is 45.8 Å². The first-order valence-corrected chi connectivity index (χ1v) is 21.3. The topological polar surface area (TPSA) is 82.1 Å². The molecule has 14 atom stereocenters. The SMILES string of the molecule is C[C@@H]1CC[C@@H](C(C)(C)c2ccccc2)[C@H](OC(=O)[C@]23[C@H]4c5ccccc5[C@@H]5[C@@H]6O[C@H]4[C@H]2[C@]6(CO)[C@@]53C(=O)O[C@@H]2C[C@H](C)CC[C@H]2C(C)(C)c2ccccc2)C1. The average molecular weight is 743 g/mol. The molecule has 6 aliphatic carbocycles. The number of hydrogen-bond acceptors (Lipinski definition) is 6. The Bertz CT molecular complexity index is 2010. The summed E-state index contributed by atoms with van der Waals surface area (Å²) in [5.41, 5.74) is 0.953. The number of fused-ring (bicyclic) bond motifs is 5. The van der Waals surface area contributed by atoms with Gasteiger partial charge in [-0.15, -0.1) is 0 Å². The molecule has 6 fully saturated rings. The minimum Gasteiger partial charge on any atom is -0.462 e. The van der Waals surface area contributed by atoms with E-state index in [2.05, 4.69) is 108 Å². The Labute approximate surface area is 326 Å². The third-order valence-electron chi connectivity index (χ3n) is 17.3. The van der Waals surface area contributed by atoms with Gasteiger partial charge in [0.2, 0.25) is 0 Å². The number of rotatable bonds is 9. The van der Waals surface area contributed by atoms with Crippen molar-refractivity contribution in [2.75, 3.05) is 6.61 Å². The highest BCUT2D eigenvalue weighted by molar-refractivity contribution is 6.01. The van der Waals surface area contributed by atoms with E-state index < -0.39 is 16.2 Å². The van der Waals surface area contributed by atoms with Crippen molar-refractivity contribution >= 4 is 11.9 Å². The van der Waals surface area contributed by atoms with Crippen LogP contribution in [-0.2, 0) is 34.6 Å². The van der Waals surface area contributed by atoms with Crippen LogP contribution >= 0.6 is 0 Å². The second-order valence-electron chi connectivity index (χ2n) is 20.1. The van der Waals surface area contributed by atoms with Crippen LogP contribution in [0.25, 0.3) is 0 Å². The first-order valence-electron chi connectivity index (χ1n) is 21.3. The quantitative estimate of drug-likeness (QED) is 0.221. The third kappa shape index (κ3) is 4.19. The Morgan fingerprint density at radius 2 is 1.16 bits per heavy atom. The molecule has 55 heavy (non-hydrogen) atoms. The number of aliphatic hydroxyl groups is 1. The standard InChI is InChI=1S/C49H58O6/c1-28-21-23-34(45(3,4)30-15-9-7-10-16-30)36(25-28)53-43(51)48-38-32-19-13-14-20-33(32)39-42-47(27-50,41(48)40(38)55-42)49(39,48)44(52)54-37-26-29(2)22-24-35(37)46(5,6)31-17-11-8-12-18-31/h7-20,28-29,34-42,50H,21-27H2,1-6H3/t28-,29-,34-,35-,36-,37-,38+,39-,40-,41+,42+,47+,48+,49+/m1/s1. The van der Waals surface area contributed by atoms with E-state index >= 15 is 9.59 Å². The monoisotopic (exact) mass is 742 g/mol. The molecular formula is C49H58O6. The Morgan fingerprint density at radius 1 is 0.691 bits per heavy atom. The zero-order valence-corrected chi connectivity index (χ0v) is 33.4. The van der Waals surface area contributed by atoms with Crippen LogP contribution in [0.5, 0.6) is 0 Å². The highest BCUT2D eigenvalue weighted by Gasteiger charge is 3.08. The summed E-state index contributed by atoms with van der Waals surface area (Å²) in [6.45, 7) is 13.5. The number of esters is 2. The van der Waals surface area contributed by atoms with Crippen LogP contribution in [-0.4, -0.2) is 48.1 Å².